The van der Waals surface area contributed by atoms with Gasteiger partial charge in [-0.3, -0.25) is 4.79 Å². The van der Waals surface area contributed by atoms with Gasteiger partial charge in [0.15, 0.2) is 6.61 Å². The van der Waals surface area contributed by atoms with Crippen LogP contribution >= 0.6 is 11.6 Å². The molecule has 1 N–H and O–H groups in total. The number of hydrogen-bond acceptors (Lipinski definition) is 3. The van der Waals surface area contributed by atoms with Crippen molar-refractivity contribution in [2.24, 2.45) is 0 Å². The molecule has 4 nitrogen and oxygen atoms in total. The molecular formula is C13H17ClN2O2. The van der Waals surface area contributed by atoms with E-state index in [-0.39, 0.29) is 18.6 Å². The van der Waals surface area contributed by atoms with Gasteiger partial charge in [-0.1, -0.05) is 23.7 Å². The van der Waals surface area contributed by atoms with E-state index in [1.165, 1.54) is 0 Å². The number of nitrogens with zero attached hydrogens (tertiary/aromatic N) is 1. The molecular weight excluding hydrogens is 252 g/mol. The summed E-state index contributed by atoms with van der Waals surface area (Å²) in [6.45, 7) is 4.46. The fourth-order valence-electron chi connectivity index (χ4n) is 2.00. The number of para-hydroxylation sites is 1. The first-order valence-electron chi connectivity index (χ1n) is 6.06. The maximum absolute atomic E-state index is 12.0. The number of ether oxygens (including phenoxy) is 1. The molecule has 0 unspecified atom stereocenters. The number of benzene rings is 1. The van der Waals surface area contributed by atoms with Gasteiger partial charge in [0.05, 0.1) is 5.02 Å². The number of rotatable bonds is 3. The first-order chi connectivity index (χ1) is 8.68. The standard InChI is InChI=1S/C13H17ClN2O2/c1-10-8-15-6-7-16(10)13(17)9-18-12-5-3-2-4-11(12)14/h2-5,10,15H,6-9H2,1H3/t10-/m0/s1. The summed E-state index contributed by atoms with van der Waals surface area (Å²) in [5.74, 6) is 0.555. The second-order valence-corrected chi connectivity index (χ2v) is 4.77. The third-order valence-corrected chi connectivity index (χ3v) is 3.32. The first-order valence-corrected chi connectivity index (χ1v) is 6.44. The van der Waals surface area contributed by atoms with Crippen molar-refractivity contribution in [1.29, 1.82) is 0 Å². The van der Waals surface area contributed by atoms with Gasteiger partial charge in [0.1, 0.15) is 5.75 Å². The van der Waals surface area contributed by atoms with Crippen LogP contribution < -0.4 is 10.1 Å². The van der Waals surface area contributed by atoms with Gasteiger partial charge < -0.3 is 15.0 Å². The van der Waals surface area contributed by atoms with Crippen LogP contribution in [-0.2, 0) is 4.79 Å². The molecule has 0 aromatic heterocycles. The molecule has 0 radical (unpaired) electrons. The molecule has 1 heterocycles. The minimum atomic E-state index is 0.00363. The summed E-state index contributed by atoms with van der Waals surface area (Å²) < 4.78 is 5.46. The van der Waals surface area contributed by atoms with Crippen molar-refractivity contribution in [3.8, 4) is 5.75 Å². The Labute approximate surface area is 112 Å². The van der Waals surface area contributed by atoms with Gasteiger partial charge in [0.2, 0.25) is 0 Å². The molecule has 5 heteroatoms. The summed E-state index contributed by atoms with van der Waals surface area (Å²) in [7, 11) is 0. The predicted octanol–water partition coefficient (Wildman–Crippen LogP) is 1.54. The normalized spacial score (nSPS) is 19.7. The lowest BCUT2D eigenvalue weighted by Gasteiger charge is -2.33. The highest BCUT2D eigenvalue weighted by atomic mass is 35.5. The topological polar surface area (TPSA) is 41.6 Å². The maximum atomic E-state index is 12.0. The monoisotopic (exact) mass is 268 g/mol. The van der Waals surface area contributed by atoms with Crippen molar-refractivity contribution in [1.82, 2.24) is 10.2 Å². The Hall–Kier alpha value is -1.26. The Balaban J connectivity index is 1.90. The molecule has 0 saturated carbocycles. The van der Waals surface area contributed by atoms with Crippen LogP contribution in [0.15, 0.2) is 24.3 Å². The smallest absolute Gasteiger partial charge is 0.260 e. The molecule has 1 aromatic rings. The highest BCUT2D eigenvalue weighted by molar-refractivity contribution is 6.32. The molecule has 1 aromatic carbocycles. The van der Waals surface area contributed by atoms with Gasteiger partial charge in [-0.05, 0) is 19.1 Å². The van der Waals surface area contributed by atoms with E-state index in [0.717, 1.165) is 19.6 Å². The molecule has 18 heavy (non-hydrogen) atoms. The lowest BCUT2D eigenvalue weighted by molar-refractivity contribution is -0.136. The molecule has 1 fully saturated rings. The maximum Gasteiger partial charge on any atom is 0.260 e. The van der Waals surface area contributed by atoms with Gasteiger partial charge in [-0.15, -0.1) is 0 Å². The Morgan fingerprint density at radius 3 is 3.06 bits per heavy atom. The van der Waals surface area contributed by atoms with Gasteiger partial charge in [0.25, 0.3) is 5.91 Å². The third-order valence-electron chi connectivity index (χ3n) is 3.01. The highest BCUT2D eigenvalue weighted by Gasteiger charge is 2.23. The van der Waals surface area contributed by atoms with Crippen molar-refractivity contribution >= 4 is 17.5 Å². The Morgan fingerprint density at radius 1 is 1.56 bits per heavy atom. The van der Waals surface area contributed by atoms with Crippen LogP contribution in [0.2, 0.25) is 5.02 Å². The number of carbonyl (C=O) groups is 1. The lowest BCUT2D eigenvalue weighted by Crippen LogP contribution is -2.53. The SMILES string of the molecule is C[C@H]1CNCCN1C(=O)COc1ccccc1Cl. The summed E-state index contributed by atoms with van der Waals surface area (Å²) in [5.41, 5.74) is 0. The Morgan fingerprint density at radius 2 is 2.33 bits per heavy atom. The van der Waals surface area contributed by atoms with Crippen molar-refractivity contribution in [2.75, 3.05) is 26.2 Å². The van der Waals surface area contributed by atoms with Crippen LogP contribution in [0.3, 0.4) is 0 Å². The van der Waals surface area contributed by atoms with Crippen LogP contribution in [-0.4, -0.2) is 43.1 Å². The minimum Gasteiger partial charge on any atom is -0.482 e. The molecule has 1 amide bonds. The number of carbonyl (C=O) groups excluding carboxylic acids is 1. The van der Waals surface area contributed by atoms with E-state index >= 15 is 0 Å². The third kappa shape index (κ3) is 3.15. The van der Waals surface area contributed by atoms with Gasteiger partial charge in [-0.2, -0.15) is 0 Å². The zero-order valence-corrected chi connectivity index (χ0v) is 11.1. The Bertz CT molecular complexity index is 425. The first kappa shape index (κ1) is 13.2. The lowest BCUT2D eigenvalue weighted by atomic mass is 10.2. The fraction of sp³-hybridized carbons (Fsp3) is 0.462. The molecule has 0 spiro atoms. The van der Waals surface area contributed by atoms with E-state index in [1.54, 1.807) is 12.1 Å². The van der Waals surface area contributed by atoms with Crippen LogP contribution in [0.25, 0.3) is 0 Å². The predicted molar refractivity (Wildman–Crippen MR) is 71.0 cm³/mol. The molecule has 1 aliphatic rings. The van der Waals surface area contributed by atoms with Crippen molar-refractivity contribution in [2.45, 2.75) is 13.0 Å². The van der Waals surface area contributed by atoms with Crippen LogP contribution in [0.5, 0.6) is 5.75 Å². The second kappa shape index (κ2) is 6.07. The average Bonchev–Trinajstić information content (AvgIpc) is 2.38. The summed E-state index contributed by atoms with van der Waals surface area (Å²) >= 11 is 5.96. The van der Waals surface area contributed by atoms with Crippen molar-refractivity contribution in [3.63, 3.8) is 0 Å². The van der Waals surface area contributed by atoms with E-state index in [1.807, 2.05) is 24.0 Å². The number of nitrogens with one attached hydrogen (secondary N) is 1. The van der Waals surface area contributed by atoms with Gasteiger partial charge in [-0.25, -0.2) is 0 Å². The fourth-order valence-corrected chi connectivity index (χ4v) is 2.19. The van der Waals surface area contributed by atoms with E-state index in [0.29, 0.717) is 10.8 Å². The van der Waals surface area contributed by atoms with Crippen LogP contribution in [0.4, 0.5) is 0 Å². The van der Waals surface area contributed by atoms with E-state index in [9.17, 15) is 4.79 Å². The molecule has 0 aliphatic carbocycles. The molecule has 1 aliphatic heterocycles. The van der Waals surface area contributed by atoms with Crippen molar-refractivity contribution in [3.05, 3.63) is 29.3 Å². The zero-order valence-electron chi connectivity index (χ0n) is 10.4. The van der Waals surface area contributed by atoms with Crippen molar-refractivity contribution < 1.29 is 9.53 Å². The van der Waals surface area contributed by atoms with Crippen LogP contribution in [0.1, 0.15) is 6.92 Å². The second-order valence-electron chi connectivity index (χ2n) is 4.36. The van der Waals surface area contributed by atoms with Gasteiger partial charge in [0, 0.05) is 25.7 Å². The van der Waals surface area contributed by atoms with E-state index in [2.05, 4.69) is 5.32 Å². The highest BCUT2D eigenvalue weighted by Crippen LogP contribution is 2.23. The minimum absolute atomic E-state index is 0.00363. The molecule has 1 saturated heterocycles. The quantitative estimate of drug-likeness (QED) is 0.904. The number of hydrogen-bond donors (Lipinski definition) is 1. The molecule has 0 bridgehead atoms. The van der Waals surface area contributed by atoms with Crippen LogP contribution in [0, 0.1) is 0 Å². The largest absolute Gasteiger partial charge is 0.482 e. The van der Waals surface area contributed by atoms with E-state index < -0.39 is 0 Å². The molecule has 2 rings (SSSR count). The molecule has 1 atom stereocenters. The Kier molecular flexibility index (Phi) is 4.44. The molecule has 98 valence electrons. The summed E-state index contributed by atoms with van der Waals surface area (Å²) in [6, 6.07) is 7.38. The zero-order chi connectivity index (χ0) is 13.0. The summed E-state index contributed by atoms with van der Waals surface area (Å²) in [6.07, 6.45) is 0. The average molecular weight is 269 g/mol. The number of amides is 1. The summed E-state index contributed by atoms with van der Waals surface area (Å²) in [5, 5.41) is 3.77. The van der Waals surface area contributed by atoms with Gasteiger partial charge >= 0.3 is 0 Å². The van der Waals surface area contributed by atoms with E-state index in [4.69, 9.17) is 16.3 Å². The number of halogens is 1. The summed E-state index contributed by atoms with van der Waals surface area (Å²) in [4.78, 5) is 13.9. The number of piperazine rings is 1.